The van der Waals surface area contributed by atoms with Gasteiger partial charge in [0.15, 0.2) is 0 Å². The van der Waals surface area contributed by atoms with Crippen molar-refractivity contribution < 1.29 is 0 Å². The molecule has 0 saturated heterocycles. The van der Waals surface area contributed by atoms with Gasteiger partial charge in [-0.3, -0.25) is 0 Å². The first-order valence-corrected chi connectivity index (χ1v) is 14.7. The van der Waals surface area contributed by atoms with Crippen molar-refractivity contribution in [1.29, 1.82) is 0 Å². The fraction of sp³-hybridized carbons (Fsp3) is 0. The molecule has 0 aliphatic heterocycles. The van der Waals surface area contributed by atoms with Gasteiger partial charge < -0.3 is 14.5 Å². The van der Waals surface area contributed by atoms with Gasteiger partial charge in [0.2, 0.25) is 0 Å². The lowest BCUT2D eigenvalue weighted by Gasteiger charge is -2.26. The highest BCUT2D eigenvalue weighted by Gasteiger charge is 2.15. The molecule has 9 aromatic rings. The average Bonchev–Trinajstić information content (AvgIpc) is 3.64. The predicted molar refractivity (Wildman–Crippen MR) is 182 cm³/mol. The van der Waals surface area contributed by atoms with E-state index in [9.17, 15) is 0 Å². The summed E-state index contributed by atoms with van der Waals surface area (Å²) >= 11 is 0. The summed E-state index contributed by atoms with van der Waals surface area (Å²) in [7, 11) is 0. The van der Waals surface area contributed by atoms with Gasteiger partial charge in [-0.1, -0.05) is 78.9 Å². The number of fused-ring (bicyclic) bond motifs is 6. The number of aromatic nitrogens is 2. The Morgan fingerprint density at radius 3 is 1.72 bits per heavy atom. The number of nitrogens with zero attached hydrogens (tertiary/aromatic N) is 2. The molecular formula is C40H27N3. The molecule has 0 bridgehead atoms. The summed E-state index contributed by atoms with van der Waals surface area (Å²) < 4.78 is 2.29. The fourth-order valence-corrected chi connectivity index (χ4v) is 6.55. The van der Waals surface area contributed by atoms with Crippen LogP contribution in [0.5, 0.6) is 0 Å². The normalized spacial score (nSPS) is 11.7. The van der Waals surface area contributed by atoms with Crippen LogP contribution in [-0.4, -0.2) is 9.55 Å². The number of para-hydroxylation sites is 1. The second kappa shape index (κ2) is 9.37. The summed E-state index contributed by atoms with van der Waals surface area (Å²) in [5.41, 5.74) is 8.06. The van der Waals surface area contributed by atoms with Crippen LogP contribution in [-0.2, 0) is 0 Å². The maximum Gasteiger partial charge on any atom is 0.0536 e. The van der Waals surface area contributed by atoms with E-state index >= 15 is 0 Å². The van der Waals surface area contributed by atoms with Crippen molar-refractivity contribution in [3.8, 4) is 5.69 Å². The molecule has 43 heavy (non-hydrogen) atoms. The van der Waals surface area contributed by atoms with Crippen LogP contribution >= 0.6 is 0 Å². The van der Waals surface area contributed by atoms with Gasteiger partial charge in [-0.25, -0.2) is 0 Å². The number of anilines is 3. The van der Waals surface area contributed by atoms with Crippen LogP contribution in [0.1, 0.15) is 0 Å². The lowest BCUT2D eigenvalue weighted by molar-refractivity contribution is 1.13. The quantitative estimate of drug-likeness (QED) is 0.232. The molecule has 7 aromatic carbocycles. The Kier molecular flexibility index (Phi) is 5.20. The molecule has 2 heterocycles. The summed E-state index contributed by atoms with van der Waals surface area (Å²) in [6, 6.07) is 54.7. The standard InChI is InChI=1S/C40H27N3/c1-3-9-29-23-34(15-13-27(29)7-1)43(35-16-14-28-8-2-4-10-30(28)24-35)33-19-17-32(18-20-33)42-22-21-31-25-39-37(26-40(31)42)36-11-5-6-12-38(36)41-39/h1-26,41H. The summed E-state index contributed by atoms with van der Waals surface area (Å²) in [6.07, 6.45) is 2.17. The number of H-pyrrole nitrogens is 1. The molecule has 0 spiro atoms. The Morgan fingerprint density at radius 2 is 1.02 bits per heavy atom. The van der Waals surface area contributed by atoms with Crippen LogP contribution in [0, 0.1) is 0 Å². The van der Waals surface area contributed by atoms with Crippen LogP contribution in [0.15, 0.2) is 158 Å². The molecule has 202 valence electrons. The van der Waals surface area contributed by atoms with Crippen molar-refractivity contribution >= 4 is 71.3 Å². The van der Waals surface area contributed by atoms with Gasteiger partial charge in [-0.05, 0) is 94.3 Å². The van der Waals surface area contributed by atoms with Crippen LogP contribution in [0.25, 0.3) is 59.9 Å². The van der Waals surface area contributed by atoms with E-state index in [1.807, 2.05) is 0 Å². The van der Waals surface area contributed by atoms with Gasteiger partial charge in [-0.15, -0.1) is 0 Å². The third-order valence-electron chi connectivity index (χ3n) is 8.68. The van der Waals surface area contributed by atoms with E-state index in [2.05, 4.69) is 172 Å². The van der Waals surface area contributed by atoms with Crippen molar-refractivity contribution in [1.82, 2.24) is 9.55 Å². The maximum absolute atomic E-state index is 3.58. The third kappa shape index (κ3) is 3.90. The highest BCUT2D eigenvalue weighted by molar-refractivity contribution is 6.11. The Hall–Kier alpha value is -5.80. The van der Waals surface area contributed by atoms with Gasteiger partial charge in [0, 0.05) is 56.1 Å². The molecule has 0 radical (unpaired) electrons. The van der Waals surface area contributed by atoms with Gasteiger partial charge in [0.05, 0.1) is 5.52 Å². The number of hydrogen-bond acceptors (Lipinski definition) is 1. The number of rotatable bonds is 4. The highest BCUT2D eigenvalue weighted by atomic mass is 15.1. The molecule has 3 nitrogen and oxygen atoms in total. The molecule has 0 amide bonds. The molecule has 2 aromatic heterocycles. The summed E-state index contributed by atoms with van der Waals surface area (Å²) in [4.78, 5) is 5.93. The van der Waals surface area contributed by atoms with Crippen molar-refractivity contribution in [2.75, 3.05) is 4.90 Å². The fourth-order valence-electron chi connectivity index (χ4n) is 6.55. The summed E-state index contributed by atoms with van der Waals surface area (Å²) in [6.45, 7) is 0. The van der Waals surface area contributed by atoms with E-state index < -0.39 is 0 Å². The lowest BCUT2D eigenvalue weighted by Crippen LogP contribution is -2.10. The Balaban J connectivity index is 1.17. The van der Waals surface area contributed by atoms with Crippen LogP contribution in [0.2, 0.25) is 0 Å². The molecule has 0 aliphatic rings. The van der Waals surface area contributed by atoms with E-state index in [0.717, 1.165) is 22.7 Å². The van der Waals surface area contributed by atoms with Crippen molar-refractivity contribution in [2.24, 2.45) is 0 Å². The summed E-state index contributed by atoms with van der Waals surface area (Å²) in [5.74, 6) is 0. The smallest absolute Gasteiger partial charge is 0.0536 e. The molecule has 3 heteroatoms. The second-order valence-electron chi connectivity index (χ2n) is 11.2. The number of benzene rings is 7. The minimum atomic E-state index is 1.12. The minimum Gasteiger partial charge on any atom is -0.354 e. The topological polar surface area (TPSA) is 24.0 Å². The van der Waals surface area contributed by atoms with E-state index in [1.54, 1.807) is 0 Å². The van der Waals surface area contributed by atoms with Gasteiger partial charge >= 0.3 is 0 Å². The zero-order valence-corrected chi connectivity index (χ0v) is 23.4. The Morgan fingerprint density at radius 1 is 0.419 bits per heavy atom. The molecule has 0 unspecified atom stereocenters. The molecule has 1 N–H and O–H groups in total. The maximum atomic E-state index is 3.58. The third-order valence-corrected chi connectivity index (χ3v) is 8.68. The zero-order chi connectivity index (χ0) is 28.3. The van der Waals surface area contributed by atoms with E-state index in [4.69, 9.17) is 0 Å². The minimum absolute atomic E-state index is 1.12. The first-order valence-electron chi connectivity index (χ1n) is 14.7. The number of nitrogens with one attached hydrogen (secondary N) is 1. The predicted octanol–water partition coefficient (Wildman–Crippen LogP) is 11.0. The van der Waals surface area contributed by atoms with Gasteiger partial charge in [-0.2, -0.15) is 0 Å². The molecule has 9 rings (SSSR count). The lowest BCUT2D eigenvalue weighted by atomic mass is 10.1. The summed E-state index contributed by atoms with van der Waals surface area (Å²) in [5, 5.41) is 8.65. The second-order valence-corrected chi connectivity index (χ2v) is 11.2. The Labute approximate surface area is 248 Å². The first kappa shape index (κ1) is 23.9. The van der Waals surface area contributed by atoms with Crippen molar-refractivity contribution in [3.63, 3.8) is 0 Å². The molecule has 0 aliphatic carbocycles. The average molecular weight is 550 g/mol. The highest BCUT2D eigenvalue weighted by Crippen LogP contribution is 2.38. The zero-order valence-electron chi connectivity index (χ0n) is 23.4. The van der Waals surface area contributed by atoms with E-state index in [0.29, 0.717) is 0 Å². The van der Waals surface area contributed by atoms with E-state index in [-0.39, 0.29) is 0 Å². The van der Waals surface area contributed by atoms with Crippen LogP contribution < -0.4 is 4.90 Å². The van der Waals surface area contributed by atoms with Gasteiger partial charge in [0.25, 0.3) is 0 Å². The Bertz CT molecular complexity index is 2380. The monoisotopic (exact) mass is 549 g/mol. The molecule has 0 saturated carbocycles. The largest absolute Gasteiger partial charge is 0.354 e. The van der Waals surface area contributed by atoms with E-state index in [1.165, 1.54) is 54.3 Å². The molecule has 0 fully saturated rings. The van der Waals surface area contributed by atoms with Crippen LogP contribution in [0.4, 0.5) is 17.1 Å². The van der Waals surface area contributed by atoms with Crippen molar-refractivity contribution in [2.45, 2.75) is 0 Å². The van der Waals surface area contributed by atoms with Crippen LogP contribution in [0.3, 0.4) is 0 Å². The van der Waals surface area contributed by atoms with Gasteiger partial charge in [0.1, 0.15) is 0 Å². The SMILES string of the molecule is c1ccc2cc(N(c3ccc(-n4ccc5cc6[nH]c7ccccc7c6cc54)cc3)c3ccc4ccccc4c3)ccc2c1. The molecular weight excluding hydrogens is 522 g/mol. The number of hydrogen-bond donors (Lipinski definition) is 1. The first-order chi connectivity index (χ1) is 21.3. The van der Waals surface area contributed by atoms with Crippen molar-refractivity contribution in [3.05, 3.63) is 158 Å². The molecule has 0 atom stereocenters. The number of aromatic amines is 1.